The summed E-state index contributed by atoms with van der Waals surface area (Å²) in [7, 11) is 1.91. The van der Waals surface area contributed by atoms with Crippen LogP contribution in [0.3, 0.4) is 0 Å². The van der Waals surface area contributed by atoms with Crippen LogP contribution >= 0.6 is 0 Å². The minimum absolute atomic E-state index is 0.260. The summed E-state index contributed by atoms with van der Waals surface area (Å²) in [5, 5.41) is 17.3. The number of aromatic amines is 1. The maximum Gasteiger partial charge on any atom is 0.150 e. The van der Waals surface area contributed by atoms with Crippen LogP contribution in [-0.2, 0) is 0 Å². The minimum atomic E-state index is -0.575. The predicted molar refractivity (Wildman–Crippen MR) is 83.9 cm³/mol. The number of ether oxygens (including phenoxy) is 1. The average molecular weight is 289 g/mol. The van der Waals surface area contributed by atoms with E-state index in [4.69, 9.17) is 4.74 Å². The van der Waals surface area contributed by atoms with Crippen molar-refractivity contribution in [3.63, 3.8) is 0 Å². The molecule has 5 heteroatoms. The Hall–Kier alpha value is -2.01. The summed E-state index contributed by atoms with van der Waals surface area (Å²) in [5.74, 6) is 2.00. The molecule has 1 aromatic carbocycles. The summed E-state index contributed by atoms with van der Waals surface area (Å²) in [4.78, 5) is 1.92. The van der Waals surface area contributed by atoms with Crippen molar-refractivity contribution in [2.45, 2.75) is 25.9 Å². The molecule has 0 bridgehead atoms. The number of hydrogen-bond donors (Lipinski definition) is 2. The number of para-hydroxylation sites is 1. The van der Waals surface area contributed by atoms with Crippen molar-refractivity contribution in [3.8, 4) is 5.75 Å². The van der Waals surface area contributed by atoms with Crippen LogP contribution in [-0.4, -0.2) is 41.6 Å². The summed E-state index contributed by atoms with van der Waals surface area (Å²) in [6, 6.07) is 11.5. The predicted octanol–water partition coefficient (Wildman–Crippen LogP) is 2.41. The van der Waals surface area contributed by atoms with Crippen LogP contribution < -0.4 is 9.64 Å². The van der Waals surface area contributed by atoms with Crippen LogP contribution in [0.1, 0.15) is 25.5 Å². The Morgan fingerprint density at radius 3 is 2.62 bits per heavy atom. The third-order valence-corrected chi connectivity index (χ3v) is 3.27. The van der Waals surface area contributed by atoms with E-state index < -0.39 is 6.10 Å². The topological polar surface area (TPSA) is 61.4 Å². The highest BCUT2D eigenvalue weighted by Gasteiger charge is 2.13. The molecule has 21 heavy (non-hydrogen) atoms. The first-order chi connectivity index (χ1) is 10.1. The Morgan fingerprint density at radius 1 is 1.29 bits per heavy atom. The van der Waals surface area contributed by atoms with Gasteiger partial charge in [-0.05, 0) is 18.1 Å². The van der Waals surface area contributed by atoms with E-state index in [1.165, 1.54) is 0 Å². The third kappa shape index (κ3) is 4.49. The molecule has 114 valence electrons. The molecule has 1 unspecified atom stereocenters. The first-order valence-corrected chi connectivity index (χ1v) is 7.18. The van der Waals surface area contributed by atoms with E-state index in [0.717, 1.165) is 17.3 Å². The van der Waals surface area contributed by atoms with E-state index in [9.17, 15) is 5.11 Å². The summed E-state index contributed by atoms with van der Waals surface area (Å²) in [6.07, 6.45) is -0.575. The van der Waals surface area contributed by atoms with E-state index in [1.54, 1.807) is 0 Å². The van der Waals surface area contributed by atoms with E-state index in [-0.39, 0.29) is 6.61 Å². The SMILES string of the molecule is CC(C)c1cc(N(C)CC(O)COc2ccccc2)n[nH]1. The summed E-state index contributed by atoms with van der Waals surface area (Å²) < 4.78 is 5.54. The van der Waals surface area contributed by atoms with Crippen LogP contribution in [0.4, 0.5) is 5.82 Å². The van der Waals surface area contributed by atoms with Crippen molar-refractivity contribution in [2.75, 3.05) is 25.1 Å². The van der Waals surface area contributed by atoms with Gasteiger partial charge in [0.2, 0.25) is 0 Å². The molecule has 1 aromatic heterocycles. The van der Waals surface area contributed by atoms with Crippen LogP contribution in [0.25, 0.3) is 0 Å². The third-order valence-electron chi connectivity index (χ3n) is 3.27. The van der Waals surface area contributed by atoms with E-state index >= 15 is 0 Å². The van der Waals surface area contributed by atoms with Gasteiger partial charge in [0, 0.05) is 25.4 Å². The maximum absolute atomic E-state index is 10.1. The second kappa shape index (κ2) is 7.13. The number of benzene rings is 1. The smallest absolute Gasteiger partial charge is 0.150 e. The Balaban J connectivity index is 1.82. The molecule has 2 aromatic rings. The van der Waals surface area contributed by atoms with E-state index in [2.05, 4.69) is 24.0 Å². The number of aliphatic hydroxyl groups is 1. The Labute approximate surface area is 125 Å². The van der Waals surface area contributed by atoms with Gasteiger partial charge in [-0.25, -0.2) is 0 Å². The molecule has 0 saturated heterocycles. The number of H-pyrrole nitrogens is 1. The highest BCUT2D eigenvalue weighted by molar-refractivity contribution is 5.39. The molecule has 0 saturated carbocycles. The van der Waals surface area contributed by atoms with Crippen molar-refractivity contribution in [1.29, 1.82) is 0 Å². The molecule has 1 atom stereocenters. The molecule has 0 aliphatic heterocycles. The molecule has 0 aliphatic rings. The van der Waals surface area contributed by atoms with Gasteiger partial charge in [-0.1, -0.05) is 32.0 Å². The average Bonchev–Trinajstić information content (AvgIpc) is 2.96. The van der Waals surface area contributed by atoms with Gasteiger partial charge in [0.15, 0.2) is 0 Å². The molecule has 0 radical (unpaired) electrons. The first kappa shape index (κ1) is 15.4. The van der Waals surface area contributed by atoms with Gasteiger partial charge < -0.3 is 14.7 Å². The fourth-order valence-corrected chi connectivity index (χ4v) is 1.99. The summed E-state index contributed by atoms with van der Waals surface area (Å²) in [6.45, 7) is 4.95. The molecular weight excluding hydrogens is 266 g/mol. The van der Waals surface area contributed by atoms with Crippen molar-refractivity contribution in [2.24, 2.45) is 0 Å². The lowest BCUT2D eigenvalue weighted by atomic mass is 10.1. The number of rotatable bonds is 7. The van der Waals surface area contributed by atoms with Crippen molar-refractivity contribution in [1.82, 2.24) is 10.2 Å². The fraction of sp³-hybridized carbons (Fsp3) is 0.438. The number of nitrogens with one attached hydrogen (secondary N) is 1. The Bertz CT molecular complexity index is 539. The largest absolute Gasteiger partial charge is 0.491 e. The number of nitrogens with zero attached hydrogens (tertiary/aromatic N) is 2. The number of aliphatic hydroxyl groups excluding tert-OH is 1. The monoisotopic (exact) mass is 289 g/mol. The molecule has 1 heterocycles. The van der Waals surface area contributed by atoms with Gasteiger partial charge in [0.05, 0.1) is 0 Å². The quantitative estimate of drug-likeness (QED) is 0.821. The van der Waals surface area contributed by atoms with Crippen LogP contribution in [0.5, 0.6) is 5.75 Å². The summed E-state index contributed by atoms with van der Waals surface area (Å²) in [5.41, 5.74) is 1.09. The van der Waals surface area contributed by atoms with Crippen molar-refractivity contribution >= 4 is 5.82 Å². The molecule has 2 rings (SSSR count). The highest BCUT2D eigenvalue weighted by atomic mass is 16.5. The zero-order chi connectivity index (χ0) is 15.2. The van der Waals surface area contributed by atoms with Crippen LogP contribution in [0.2, 0.25) is 0 Å². The van der Waals surface area contributed by atoms with Crippen LogP contribution in [0.15, 0.2) is 36.4 Å². The number of anilines is 1. The highest BCUT2D eigenvalue weighted by Crippen LogP contribution is 2.17. The lowest BCUT2D eigenvalue weighted by Gasteiger charge is -2.20. The standard InChI is InChI=1S/C16H23N3O2/c1-12(2)15-9-16(18-17-15)19(3)10-13(20)11-21-14-7-5-4-6-8-14/h4-9,12-13,20H,10-11H2,1-3H3,(H,17,18). The van der Waals surface area contributed by atoms with E-state index in [0.29, 0.717) is 12.5 Å². The molecule has 0 spiro atoms. The fourth-order valence-electron chi connectivity index (χ4n) is 1.99. The van der Waals surface area contributed by atoms with Gasteiger partial charge in [-0.2, -0.15) is 5.10 Å². The second-order valence-corrected chi connectivity index (χ2v) is 5.49. The lowest BCUT2D eigenvalue weighted by molar-refractivity contribution is 0.113. The molecule has 0 aliphatic carbocycles. The maximum atomic E-state index is 10.1. The van der Waals surface area contributed by atoms with Gasteiger partial charge >= 0.3 is 0 Å². The zero-order valence-corrected chi connectivity index (χ0v) is 12.8. The molecule has 5 nitrogen and oxygen atoms in total. The number of hydrogen-bond acceptors (Lipinski definition) is 4. The minimum Gasteiger partial charge on any atom is -0.491 e. The second-order valence-electron chi connectivity index (χ2n) is 5.49. The van der Waals surface area contributed by atoms with Gasteiger partial charge in [0.1, 0.15) is 24.3 Å². The lowest BCUT2D eigenvalue weighted by Crippen LogP contribution is -2.33. The van der Waals surface area contributed by atoms with Crippen LogP contribution in [0, 0.1) is 0 Å². The normalized spacial score (nSPS) is 12.4. The Morgan fingerprint density at radius 2 is 2.00 bits per heavy atom. The molecule has 0 amide bonds. The summed E-state index contributed by atoms with van der Waals surface area (Å²) >= 11 is 0. The molecule has 0 fully saturated rings. The molecular formula is C16H23N3O2. The van der Waals surface area contributed by atoms with Crippen molar-refractivity contribution < 1.29 is 9.84 Å². The van der Waals surface area contributed by atoms with Crippen molar-refractivity contribution in [3.05, 3.63) is 42.1 Å². The number of likely N-dealkylation sites (N-methyl/N-ethyl adjacent to an activating group) is 1. The van der Waals surface area contributed by atoms with Gasteiger partial charge in [-0.15, -0.1) is 0 Å². The van der Waals surface area contributed by atoms with Gasteiger partial charge in [0.25, 0.3) is 0 Å². The van der Waals surface area contributed by atoms with E-state index in [1.807, 2.05) is 48.3 Å². The number of aromatic nitrogens is 2. The first-order valence-electron chi connectivity index (χ1n) is 7.18. The Kier molecular flexibility index (Phi) is 5.22. The molecule has 2 N–H and O–H groups in total. The zero-order valence-electron chi connectivity index (χ0n) is 12.8. The van der Waals surface area contributed by atoms with Gasteiger partial charge in [-0.3, -0.25) is 5.10 Å².